The highest BCUT2D eigenvalue weighted by atomic mass is 35.5. The third-order valence-corrected chi connectivity index (χ3v) is 3.65. The molecular formula is C18H22ClN3O. The van der Waals surface area contributed by atoms with Gasteiger partial charge in [0.1, 0.15) is 5.75 Å². The Labute approximate surface area is 142 Å². The molecular weight excluding hydrogens is 310 g/mol. The topological polar surface area (TPSA) is 45.7 Å². The number of nitrogens with one attached hydrogen (secondary N) is 2. The average molecular weight is 332 g/mol. The van der Waals surface area contributed by atoms with Crippen LogP contribution in [0.1, 0.15) is 11.1 Å². The third-order valence-electron chi connectivity index (χ3n) is 3.41. The van der Waals surface area contributed by atoms with Gasteiger partial charge in [-0.15, -0.1) is 0 Å². The second-order valence-electron chi connectivity index (χ2n) is 5.08. The lowest BCUT2D eigenvalue weighted by Gasteiger charge is -2.12. The standard InChI is InChI=1S/C18H22ClN3O/c1-20-18(22-13-15-6-3-7-16(19)11-15)21-10-9-14-5-4-8-17(12-14)23-2/h3-8,11-12H,9-10,13H2,1-2H3,(H2,20,21,22). The molecule has 0 bridgehead atoms. The number of aliphatic imine (C=N–C) groups is 1. The van der Waals surface area contributed by atoms with Crippen molar-refractivity contribution >= 4 is 17.6 Å². The molecule has 5 heteroatoms. The molecule has 0 saturated heterocycles. The smallest absolute Gasteiger partial charge is 0.191 e. The van der Waals surface area contributed by atoms with E-state index in [1.165, 1.54) is 5.56 Å². The van der Waals surface area contributed by atoms with Crippen LogP contribution in [0, 0.1) is 0 Å². The van der Waals surface area contributed by atoms with E-state index in [1.807, 2.05) is 42.5 Å². The molecule has 2 rings (SSSR count). The van der Waals surface area contributed by atoms with Crippen molar-refractivity contribution in [3.8, 4) is 5.75 Å². The fraction of sp³-hybridized carbons (Fsp3) is 0.278. The van der Waals surface area contributed by atoms with Gasteiger partial charge in [0.05, 0.1) is 7.11 Å². The summed E-state index contributed by atoms with van der Waals surface area (Å²) in [6, 6.07) is 15.9. The quantitative estimate of drug-likeness (QED) is 0.631. The minimum Gasteiger partial charge on any atom is -0.497 e. The highest BCUT2D eigenvalue weighted by Gasteiger charge is 2.00. The first-order valence-electron chi connectivity index (χ1n) is 7.53. The van der Waals surface area contributed by atoms with Crippen LogP contribution in [0.5, 0.6) is 5.75 Å². The monoisotopic (exact) mass is 331 g/mol. The zero-order valence-electron chi connectivity index (χ0n) is 13.5. The molecule has 0 aromatic heterocycles. The predicted octanol–water partition coefficient (Wildman–Crippen LogP) is 3.26. The Morgan fingerprint density at radius 3 is 2.61 bits per heavy atom. The maximum Gasteiger partial charge on any atom is 0.191 e. The van der Waals surface area contributed by atoms with Crippen molar-refractivity contribution in [3.63, 3.8) is 0 Å². The summed E-state index contributed by atoms with van der Waals surface area (Å²) in [6.45, 7) is 1.47. The maximum absolute atomic E-state index is 5.99. The molecule has 0 aliphatic carbocycles. The fourth-order valence-electron chi connectivity index (χ4n) is 2.21. The Kier molecular flexibility index (Phi) is 6.76. The zero-order valence-corrected chi connectivity index (χ0v) is 14.2. The van der Waals surface area contributed by atoms with Gasteiger partial charge in [-0.2, -0.15) is 0 Å². The van der Waals surface area contributed by atoms with Crippen molar-refractivity contribution in [3.05, 3.63) is 64.7 Å². The molecule has 0 atom stereocenters. The number of benzene rings is 2. The molecule has 0 heterocycles. The Morgan fingerprint density at radius 1 is 1.09 bits per heavy atom. The number of halogens is 1. The van der Waals surface area contributed by atoms with Gasteiger partial charge in [-0.05, 0) is 41.8 Å². The number of nitrogens with zero attached hydrogens (tertiary/aromatic N) is 1. The second kappa shape index (κ2) is 9.06. The molecule has 0 saturated carbocycles. The number of guanidine groups is 1. The van der Waals surface area contributed by atoms with Gasteiger partial charge in [0.25, 0.3) is 0 Å². The van der Waals surface area contributed by atoms with Crippen LogP contribution in [0.3, 0.4) is 0 Å². The summed E-state index contributed by atoms with van der Waals surface area (Å²) in [5.74, 6) is 1.65. The largest absolute Gasteiger partial charge is 0.497 e. The molecule has 0 radical (unpaired) electrons. The maximum atomic E-state index is 5.99. The lowest BCUT2D eigenvalue weighted by Crippen LogP contribution is -2.37. The van der Waals surface area contributed by atoms with Crippen molar-refractivity contribution < 1.29 is 4.74 Å². The molecule has 0 unspecified atom stereocenters. The summed E-state index contributed by atoms with van der Waals surface area (Å²) < 4.78 is 5.23. The summed E-state index contributed by atoms with van der Waals surface area (Å²) in [5.41, 5.74) is 2.34. The van der Waals surface area contributed by atoms with Crippen LogP contribution in [0.25, 0.3) is 0 Å². The molecule has 0 fully saturated rings. The minimum atomic E-state index is 0.680. The SMILES string of the molecule is CN=C(NCCc1cccc(OC)c1)NCc1cccc(Cl)c1. The van der Waals surface area contributed by atoms with Crippen molar-refractivity contribution in [1.82, 2.24) is 10.6 Å². The van der Waals surface area contributed by atoms with E-state index in [0.717, 1.165) is 35.3 Å². The Bertz CT molecular complexity index is 658. The minimum absolute atomic E-state index is 0.680. The van der Waals surface area contributed by atoms with Crippen molar-refractivity contribution in [2.75, 3.05) is 20.7 Å². The first-order chi connectivity index (χ1) is 11.2. The lowest BCUT2D eigenvalue weighted by atomic mass is 10.1. The van der Waals surface area contributed by atoms with E-state index < -0.39 is 0 Å². The zero-order chi connectivity index (χ0) is 16.5. The molecule has 23 heavy (non-hydrogen) atoms. The van der Waals surface area contributed by atoms with Gasteiger partial charge >= 0.3 is 0 Å². The molecule has 0 amide bonds. The molecule has 0 aliphatic rings. The van der Waals surface area contributed by atoms with Gasteiger partial charge in [0.2, 0.25) is 0 Å². The van der Waals surface area contributed by atoms with Crippen LogP contribution in [-0.4, -0.2) is 26.7 Å². The van der Waals surface area contributed by atoms with Crippen LogP contribution in [0.2, 0.25) is 5.02 Å². The van der Waals surface area contributed by atoms with Crippen molar-refractivity contribution in [2.24, 2.45) is 4.99 Å². The number of rotatable bonds is 6. The van der Waals surface area contributed by atoms with Crippen LogP contribution >= 0.6 is 11.6 Å². The summed E-state index contributed by atoms with van der Waals surface area (Å²) in [7, 11) is 3.44. The normalized spacial score (nSPS) is 11.2. The highest BCUT2D eigenvalue weighted by Crippen LogP contribution is 2.12. The van der Waals surface area contributed by atoms with Gasteiger partial charge in [-0.1, -0.05) is 35.9 Å². The van der Waals surface area contributed by atoms with Crippen LogP contribution in [0.15, 0.2) is 53.5 Å². The molecule has 2 aromatic rings. The van der Waals surface area contributed by atoms with E-state index in [9.17, 15) is 0 Å². The number of hydrogen-bond donors (Lipinski definition) is 2. The van der Waals surface area contributed by atoms with Gasteiger partial charge in [-0.25, -0.2) is 0 Å². The van der Waals surface area contributed by atoms with Gasteiger partial charge in [0, 0.05) is 25.2 Å². The van der Waals surface area contributed by atoms with E-state index in [2.05, 4.69) is 21.7 Å². The van der Waals surface area contributed by atoms with Gasteiger partial charge in [-0.3, -0.25) is 4.99 Å². The van der Waals surface area contributed by atoms with E-state index in [1.54, 1.807) is 14.2 Å². The summed E-state index contributed by atoms with van der Waals surface area (Å²) in [6.07, 6.45) is 0.898. The van der Waals surface area contributed by atoms with Crippen LogP contribution in [0.4, 0.5) is 0 Å². The fourth-order valence-corrected chi connectivity index (χ4v) is 2.42. The predicted molar refractivity (Wildman–Crippen MR) is 96.4 cm³/mol. The Balaban J connectivity index is 1.78. The van der Waals surface area contributed by atoms with Crippen LogP contribution < -0.4 is 15.4 Å². The lowest BCUT2D eigenvalue weighted by molar-refractivity contribution is 0.414. The molecule has 0 spiro atoms. The number of hydrogen-bond acceptors (Lipinski definition) is 2. The summed E-state index contributed by atoms with van der Waals surface area (Å²) in [4.78, 5) is 4.23. The van der Waals surface area contributed by atoms with Gasteiger partial charge in [0.15, 0.2) is 5.96 Å². The number of methoxy groups -OCH3 is 1. The van der Waals surface area contributed by atoms with Crippen molar-refractivity contribution in [2.45, 2.75) is 13.0 Å². The van der Waals surface area contributed by atoms with E-state index in [4.69, 9.17) is 16.3 Å². The number of ether oxygens (including phenoxy) is 1. The van der Waals surface area contributed by atoms with E-state index in [-0.39, 0.29) is 0 Å². The molecule has 2 aromatic carbocycles. The first-order valence-corrected chi connectivity index (χ1v) is 7.91. The van der Waals surface area contributed by atoms with E-state index >= 15 is 0 Å². The third kappa shape index (κ3) is 5.83. The van der Waals surface area contributed by atoms with E-state index in [0.29, 0.717) is 6.54 Å². The summed E-state index contributed by atoms with van der Waals surface area (Å²) >= 11 is 5.99. The Hall–Kier alpha value is -2.20. The summed E-state index contributed by atoms with van der Waals surface area (Å²) in [5, 5.41) is 7.32. The highest BCUT2D eigenvalue weighted by molar-refractivity contribution is 6.30. The molecule has 4 nitrogen and oxygen atoms in total. The van der Waals surface area contributed by atoms with Crippen molar-refractivity contribution in [1.29, 1.82) is 0 Å². The molecule has 2 N–H and O–H groups in total. The molecule has 122 valence electrons. The van der Waals surface area contributed by atoms with Crippen LogP contribution in [-0.2, 0) is 13.0 Å². The molecule has 0 aliphatic heterocycles. The second-order valence-corrected chi connectivity index (χ2v) is 5.52. The van der Waals surface area contributed by atoms with Gasteiger partial charge < -0.3 is 15.4 Å². The average Bonchev–Trinajstić information content (AvgIpc) is 2.58. The Morgan fingerprint density at radius 2 is 1.87 bits per heavy atom. The first kappa shape index (κ1) is 17.2.